The van der Waals surface area contributed by atoms with E-state index in [-0.39, 0.29) is 5.91 Å². The molecule has 0 unspecified atom stereocenters. The number of nitrogens with zero attached hydrogens (tertiary/aromatic N) is 1. The molecule has 0 atom stereocenters. The number of nitrogens with one attached hydrogen (secondary N) is 2. The molecule has 0 aromatic carbocycles. The fourth-order valence-electron chi connectivity index (χ4n) is 1.84. The zero-order valence-corrected chi connectivity index (χ0v) is 11.4. The van der Waals surface area contributed by atoms with Crippen LogP contribution in [0.2, 0.25) is 0 Å². The van der Waals surface area contributed by atoms with Gasteiger partial charge in [-0.05, 0) is 13.3 Å². The first-order valence-corrected chi connectivity index (χ1v) is 7.18. The molecular formula is C12H19N3O2S. The minimum absolute atomic E-state index is 0.0220. The van der Waals surface area contributed by atoms with Gasteiger partial charge in [-0.3, -0.25) is 4.79 Å². The summed E-state index contributed by atoms with van der Waals surface area (Å²) < 4.78 is 5.20. The van der Waals surface area contributed by atoms with E-state index in [1.807, 2.05) is 6.92 Å². The van der Waals surface area contributed by atoms with Crippen molar-refractivity contribution in [2.45, 2.75) is 32.7 Å². The molecule has 0 spiro atoms. The molecule has 18 heavy (non-hydrogen) atoms. The normalized spacial score (nSPS) is 14.3. The van der Waals surface area contributed by atoms with E-state index < -0.39 is 0 Å². The molecule has 0 aliphatic carbocycles. The van der Waals surface area contributed by atoms with Crippen LogP contribution < -0.4 is 10.6 Å². The second-order valence-electron chi connectivity index (χ2n) is 4.16. The fraction of sp³-hybridized carbons (Fsp3) is 0.667. The lowest BCUT2D eigenvalue weighted by Gasteiger charge is -2.09. The van der Waals surface area contributed by atoms with Gasteiger partial charge in [0.1, 0.15) is 0 Å². The Morgan fingerprint density at radius 3 is 3.28 bits per heavy atom. The van der Waals surface area contributed by atoms with Gasteiger partial charge in [-0.25, -0.2) is 4.98 Å². The molecule has 0 saturated carbocycles. The second-order valence-corrected chi connectivity index (χ2v) is 5.25. The Kier molecular flexibility index (Phi) is 5.10. The van der Waals surface area contributed by atoms with Crippen molar-refractivity contribution < 1.29 is 9.53 Å². The number of hydrogen-bond acceptors (Lipinski definition) is 5. The molecule has 100 valence electrons. The van der Waals surface area contributed by atoms with Crippen LogP contribution in [0.1, 0.15) is 30.3 Å². The predicted octanol–water partition coefficient (Wildman–Crippen LogP) is 1.54. The standard InChI is InChI=1S/C12H19N3O2S/c1-2-17-7-3-4-11(16)15-12-14-9-5-6-13-8-10(9)18-12/h13H,2-8H2,1H3,(H,14,15,16). The summed E-state index contributed by atoms with van der Waals surface area (Å²) in [7, 11) is 0. The molecule has 1 aromatic heterocycles. The molecule has 0 saturated heterocycles. The number of carbonyl (C=O) groups is 1. The Balaban J connectivity index is 1.78. The van der Waals surface area contributed by atoms with Gasteiger partial charge in [0.15, 0.2) is 5.13 Å². The van der Waals surface area contributed by atoms with E-state index in [0.29, 0.717) is 19.6 Å². The second kappa shape index (κ2) is 6.82. The van der Waals surface area contributed by atoms with Crippen LogP contribution in [0.4, 0.5) is 5.13 Å². The van der Waals surface area contributed by atoms with Gasteiger partial charge in [0, 0.05) is 44.0 Å². The molecule has 1 aliphatic rings. The Hall–Kier alpha value is -0.980. The van der Waals surface area contributed by atoms with Gasteiger partial charge in [0.25, 0.3) is 0 Å². The molecule has 0 radical (unpaired) electrons. The first kappa shape index (κ1) is 13.5. The number of hydrogen-bond donors (Lipinski definition) is 2. The van der Waals surface area contributed by atoms with Crippen molar-refractivity contribution in [2.24, 2.45) is 0 Å². The van der Waals surface area contributed by atoms with Gasteiger partial charge in [-0.1, -0.05) is 0 Å². The van der Waals surface area contributed by atoms with E-state index in [4.69, 9.17) is 4.74 Å². The highest BCUT2D eigenvalue weighted by Gasteiger charge is 2.15. The Bertz CT molecular complexity index is 383. The first-order valence-electron chi connectivity index (χ1n) is 6.36. The molecular weight excluding hydrogens is 250 g/mol. The van der Waals surface area contributed by atoms with Crippen LogP contribution in [0.5, 0.6) is 0 Å². The highest BCUT2D eigenvalue weighted by molar-refractivity contribution is 7.15. The van der Waals surface area contributed by atoms with Gasteiger partial charge in [0.2, 0.25) is 5.91 Å². The highest BCUT2D eigenvalue weighted by atomic mass is 32.1. The summed E-state index contributed by atoms with van der Waals surface area (Å²) >= 11 is 1.57. The van der Waals surface area contributed by atoms with Crippen molar-refractivity contribution in [2.75, 3.05) is 25.1 Å². The molecule has 2 N–H and O–H groups in total. The molecule has 1 amide bonds. The highest BCUT2D eigenvalue weighted by Crippen LogP contribution is 2.25. The summed E-state index contributed by atoms with van der Waals surface area (Å²) in [5.74, 6) is 0.0220. The molecule has 1 aliphatic heterocycles. The number of carbonyl (C=O) groups excluding carboxylic acids is 1. The molecule has 1 aromatic rings. The zero-order chi connectivity index (χ0) is 12.8. The molecule has 2 heterocycles. The minimum atomic E-state index is 0.0220. The van der Waals surface area contributed by atoms with Gasteiger partial charge in [-0.15, -0.1) is 11.3 Å². The van der Waals surface area contributed by atoms with Crippen LogP contribution in [0, 0.1) is 0 Å². The van der Waals surface area contributed by atoms with Crippen molar-refractivity contribution in [1.82, 2.24) is 10.3 Å². The fourth-order valence-corrected chi connectivity index (χ4v) is 2.83. The lowest BCUT2D eigenvalue weighted by Crippen LogP contribution is -2.22. The summed E-state index contributed by atoms with van der Waals surface area (Å²) in [6.45, 7) is 5.13. The van der Waals surface area contributed by atoms with E-state index in [1.54, 1.807) is 11.3 Å². The third-order valence-electron chi connectivity index (χ3n) is 2.75. The average molecular weight is 269 g/mol. The van der Waals surface area contributed by atoms with Gasteiger partial charge in [-0.2, -0.15) is 0 Å². The number of amides is 1. The van der Waals surface area contributed by atoms with Gasteiger partial charge >= 0.3 is 0 Å². The Morgan fingerprint density at radius 2 is 2.50 bits per heavy atom. The van der Waals surface area contributed by atoms with Crippen LogP contribution in [0.3, 0.4) is 0 Å². The number of rotatable bonds is 6. The molecule has 2 rings (SSSR count). The quantitative estimate of drug-likeness (QED) is 0.769. The summed E-state index contributed by atoms with van der Waals surface area (Å²) in [6.07, 6.45) is 2.20. The van der Waals surface area contributed by atoms with Crippen molar-refractivity contribution in [3.8, 4) is 0 Å². The minimum Gasteiger partial charge on any atom is -0.382 e. The Labute approximate surface area is 111 Å². The SMILES string of the molecule is CCOCCCC(=O)Nc1nc2c(s1)CNCC2. The van der Waals surface area contributed by atoms with Crippen LogP contribution >= 0.6 is 11.3 Å². The van der Waals surface area contributed by atoms with Gasteiger partial charge in [0.05, 0.1) is 5.69 Å². The van der Waals surface area contributed by atoms with Crippen LogP contribution in [-0.2, 0) is 22.5 Å². The number of aromatic nitrogens is 1. The van der Waals surface area contributed by atoms with Crippen LogP contribution in [-0.4, -0.2) is 30.6 Å². The largest absolute Gasteiger partial charge is 0.382 e. The van der Waals surface area contributed by atoms with E-state index in [9.17, 15) is 4.79 Å². The summed E-state index contributed by atoms with van der Waals surface area (Å²) in [4.78, 5) is 17.4. The third kappa shape index (κ3) is 3.76. The topological polar surface area (TPSA) is 63.2 Å². The van der Waals surface area contributed by atoms with Crippen molar-refractivity contribution in [3.63, 3.8) is 0 Å². The lowest BCUT2D eigenvalue weighted by molar-refractivity contribution is -0.116. The smallest absolute Gasteiger partial charge is 0.226 e. The summed E-state index contributed by atoms with van der Waals surface area (Å²) in [5, 5.41) is 6.89. The maximum absolute atomic E-state index is 11.7. The van der Waals surface area contributed by atoms with Crippen LogP contribution in [0.25, 0.3) is 0 Å². The maximum Gasteiger partial charge on any atom is 0.226 e. The summed E-state index contributed by atoms with van der Waals surface area (Å²) in [5.41, 5.74) is 1.13. The third-order valence-corrected chi connectivity index (χ3v) is 3.76. The van der Waals surface area contributed by atoms with E-state index in [1.165, 1.54) is 4.88 Å². The molecule has 5 nitrogen and oxygen atoms in total. The monoisotopic (exact) mass is 269 g/mol. The van der Waals surface area contributed by atoms with Crippen molar-refractivity contribution in [1.29, 1.82) is 0 Å². The maximum atomic E-state index is 11.7. The van der Waals surface area contributed by atoms with E-state index >= 15 is 0 Å². The zero-order valence-electron chi connectivity index (χ0n) is 10.6. The number of ether oxygens (including phenoxy) is 1. The van der Waals surface area contributed by atoms with Crippen LogP contribution in [0.15, 0.2) is 0 Å². The number of anilines is 1. The van der Waals surface area contributed by atoms with E-state index in [2.05, 4.69) is 15.6 Å². The number of thiazole rings is 1. The summed E-state index contributed by atoms with van der Waals surface area (Å²) in [6, 6.07) is 0. The molecule has 6 heteroatoms. The molecule has 0 fully saturated rings. The number of fused-ring (bicyclic) bond motifs is 1. The molecule has 0 bridgehead atoms. The predicted molar refractivity (Wildman–Crippen MR) is 71.9 cm³/mol. The van der Waals surface area contributed by atoms with Gasteiger partial charge < -0.3 is 15.4 Å². The average Bonchev–Trinajstić information content (AvgIpc) is 2.76. The lowest BCUT2D eigenvalue weighted by atomic mass is 10.2. The van der Waals surface area contributed by atoms with Crippen molar-refractivity contribution >= 4 is 22.4 Å². The van der Waals surface area contributed by atoms with Crippen molar-refractivity contribution in [3.05, 3.63) is 10.6 Å². The first-order chi connectivity index (χ1) is 8.79. The Morgan fingerprint density at radius 1 is 1.61 bits per heavy atom. The van der Waals surface area contributed by atoms with E-state index in [0.717, 1.165) is 36.8 Å².